The molecule has 0 aromatic carbocycles. The number of ether oxygens (including phenoxy) is 3. The molecule has 7 heteroatoms. The maximum Gasteiger partial charge on any atom is 0.407 e. The molecule has 1 fully saturated rings. The second-order valence-electron chi connectivity index (χ2n) is 18.6. The molecule has 0 heterocycles. The van der Waals surface area contributed by atoms with Gasteiger partial charge >= 0.3 is 6.09 Å². The van der Waals surface area contributed by atoms with E-state index in [0.717, 1.165) is 81.9 Å². The van der Waals surface area contributed by atoms with Crippen LogP contribution in [0.4, 0.5) is 4.79 Å². The van der Waals surface area contributed by atoms with Gasteiger partial charge in [0.1, 0.15) is 0 Å². The molecule has 3 N–H and O–H groups in total. The van der Waals surface area contributed by atoms with E-state index >= 15 is 0 Å². The summed E-state index contributed by atoms with van der Waals surface area (Å²) in [6.07, 6.45) is 17.9. The van der Waals surface area contributed by atoms with Gasteiger partial charge in [-0.15, -0.1) is 0 Å². The molecule has 0 saturated heterocycles. The van der Waals surface area contributed by atoms with E-state index in [9.17, 15) is 4.79 Å². The van der Waals surface area contributed by atoms with Gasteiger partial charge in [-0.1, -0.05) is 136 Å². The SMILES string of the molecule is C.CC(C)CC1CCC(NC(C)C)CC1.CC(C)CCCCCCCNC(=O)OC[C@H](CC(C)C)C(C)C.CC(C)CCCOCCOCCNC(C)C. The quantitative estimate of drug-likeness (QED) is 0.0687. The minimum atomic E-state index is -0.251. The van der Waals surface area contributed by atoms with Crippen molar-refractivity contribution in [3.63, 3.8) is 0 Å². The van der Waals surface area contributed by atoms with Crippen LogP contribution in [0.2, 0.25) is 0 Å². The van der Waals surface area contributed by atoms with Crippen molar-refractivity contribution in [3.05, 3.63) is 0 Å². The van der Waals surface area contributed by atoms with E-state index in [2.05, 4.69) is 113 Å². The number of hydrogen-bond acceptors (Lipinski definition) is 6. The van der Waals surface area contributed by atoms with Gasteiger partial charge in [0.25, 0.3) is 0 Å². The molecule has 1 amide bonds. The van der Waals surface area contributed by atoms with E-state index < -0.39 is 0 Å². The van der Waals surface area contributed by atoms with Crippen molar-refractivity contribution < 1.29 is 19.0 Å². The van der Waals surface area contributed by atoms with Crippen molar-refractivity contribution in [2.75, 3.05) is 46.1 Å². The van der Waals surface area contributed by atoms with Crippen molar-refractivity contribution >= 4 is 6.09 Å². The highest BCUT2D eigenvalue weighted by atomic mass is 16.5. The standard InChI is InChI=1S/C20H41NO2.C13H29NO2.C13H27N.CH4/c1-16(2)12-10-8-7-9-11-13-21-20(22)23-15-19(18(5)6)14-17(3)4;1-12(2)6-5-8-15-10-11-16-9-7-14-13(3)4;1-10(2)9-12-5-7-13(8-6-12)14-11(3)4;/h16-19H,7-15H2,1-6H3,(H,21,22);12-14H,5-11H2,1-4H3;10-14H,5-9H2,1-4H3;1H4/t19-;;;/m0.../s1. The van der Waals surface area contributed by atoms with Crippen LogP contribution >= 0.6 is 0 Å². The molecule has 328 valence electrons. The first kappa shape index (κ1) is 57.4. The molecule has 0 unspecified atom stereocenters. The molecule has 0 spiro atoms. The largest absolute Gasteiger partial charge is 0.449 e. The van der Waals surface area contributed by atoms with E-state index in [1.165, 1.54) is 70.6 Å². The van der Waals surface area contributed by atoms with Crippen molar-refractivity contribution in [2.24, 2.45) is 41.4 Å². The van der Waals surface area contributed by atoms with Gasteiger partial charge in [0.2, 0.25) is 0 Å². The minimum absolute atomic E-state index is 0. The monoisotopic (exact) mass is 772 g/mol. The number of rotatable bonds is 28. The predicted octanol–water partition coefficient (Wildman–Crippen LogP) is 12.7. The Hall–Kier alpha value is -0.890. The van der Waals surface area contributed by atoms with Gasteiger partial charge in [0, 0.05) is 37.8 Å². The van der Waals surface area contributed by atoms with Gasteiger partial charge in [-0.05, 0) is 99.2 Å². The van der Waals surface area contributed by atoms with Gasteiger partial charge < -0.3 is 30.2 Å². The van der Waals surface area contributed by atoms with E-state index in [1.807, 2.05) is 0 Å². The molecular weight excluding hydrogens is 671 g/mol. The average Bonchev–Trinajstić information content (AvgIpc) is 3.05. The van der Waals surface area contributed by atoms with Crippen molar-refractivity contribution in [1.82, 2.24) is 16.0 Å². The molecule has 1 aliphatic rings. The van der Waals surface area contributed by atoms with Gasteiger partial charge in [0.15, 0.2) is 0 Å². The molecule has 0 aliphatic heterocycles. The number of amides is 1. The Morgan fingerprint density at radius 1 is 0.593 bits per heavy atom. The van der Waals surface area contributed by atoms with E-state index in [0.29, 0.717) is 43.1 Å². The Labute approximate surface area is 340 Å². The first-order valence-electron chi connectivity index (χ1n) is 22.6. The lowest BCUT2D eigenvalue weighted by Crippen LogP contribution is -2.37. The summed E-state index contributed by atoms with van der Waals surface area (Å²) in [4.78, 5) is 11.7. The van der Waals surface area contributed by atoms with Crippen LogP contribution < -0.4 is 16.0 Å². The smallest absolute Gasteiger partial charge is 0.407 e. The third kappa shape index (κ3) is 43.8. The van der Waals surface area contributed by atoms with Gasteiger partial charge in [-0.3, -0.25) is 0 Å². The van der Waals surface area contributed by atoms with Crippen molar-refractivity contribution in [3.8, 4) is 0 Å². The second kappa shape index (κ2) is 39.0. The first-order chi connectivity index (χ1) is 25.0. The normalized spacial score (nSPS) is 16.4. The van der Waals surface area contributed by atoms with Crippen LogP contribution in [0.25, 0.3) is 0 Å². The van der Waals surface area contributed by atoms with E-state index in [4.69, 9.17) is 14.2 Å². The number of carbonyl (C=O) groups excluding carboxylic acids is 1. The fourth-order valence-electron chi connectivity index (χ4n) is 6.81. The van der Waals surface area contributed by atoms with Gasteiger partial charge in [0.05, 0.1) is 26.4 Å². The molecule has 0 radical (unpaired) electrons. The highest BCUT2D eigenvalue weighted by molar-refractivity contribution is 5.67. The molecule has 0 bridgehead atoms. The zero-order chi connectivity index (χ0) is 40.4. The third-order valence-electron chi connectivity index (χ3n) is 9.83. The third-order valence-corrected chi connectivity index (χ3v) is 9.83. The molecule has 0 aromatic heterocycles. The topological polar surface area (TPSA) is 80.9 Å². The van der Waals surface area contributed by atoms with Crippen LogP contribution in [0.15, 0.2) is 0 Å². The zero-order valence-corrected chi connectivity index (χ0v) is 38.3. The molecule has 7 nitrogen and oxygen atoms in total. The van der Waals surface area contributed by atoms with Crippen LogP contribution in [0, 0.1) is 41.4 Å². The summed E-state index contributed by atoms with van der Waals surface area (Å²) in [5.74, 6) is 5.15. The lowest BCUT2D eigenvalue weighted by atomic mass is 9.81. The summed E-state index contributed by atoms with van der Waals surface area (Å²) in [7, 11) is 0. The fraction of sp³-hybridized carbons (Fsp3) is 0.979. The van der Waals surface area contributed by atoms with Crippen molar-refractivity contribution in [1.29, 1.82) is 0 Å². The van der Waals surface area contributed by atoms with Gasteiger partial charge in [-0.25, -0.2) is 4.79 Å². The van der Waals surface area contributed by atoms with Gasteiger partial charge in [-0.2, -0.15) is 0 Å². The highest BCUT2D eigenvalue weighted by Crippen LogP contribution is 2.29. The Morgan fingerprint density at radius 2 is 1.15 bits per heavy atom. The second-order valence-corrected chi connectivity index (χ2v) is 18.6. The van der Waals surface area contributed by atoms with Crippen LogP contribution in [0.1, 0.15) is 194 Å². The summed E-state index contributed by atoms with van der Waals surface area (Å²) < 4.78 is 16.3. The number of carbonyl (C=O) groups is 1. The number of unbranched alkanes of at least 4 members (excludes halogenated alkanes) is 4. The molecule has 1 aliphatic carbocycles. The summed E-state index contributed by atoms with van der Waals surface area (Å²) in [5.41, 5.74) is 0. The average molecular weight is 772 g/mol. The summed E-state index contributed by atoms with van der Waals surface area (Å²) in [6, 6.07) is 2.00. The summed E-state index contributed by atoms with van der Waals surface area (Å²) >= 11 is 0. The van der Waals surface area contributed by atoms with Crippen molar-refractivity contribution in [2.45, 2.75) is 212 Å². The first-order valence-corrected chi connectivity index (χ1v) is 22.6. The number of hydrogen-bond donors (Lipinski definition) is 3. The molecular formula is C47H101N3O4. The van der Waals surface area contributed by atoms with Crippen LogP contribution in [0.3, 0.4) is 0 Å². The van der Waals surface area contributed by atoms with Crippen LogP contribution in [-0.2, 0) is 14.2 Å². The molecule has 0 aromatic rings. The molecule has 54 heavy (non-hydrogen) atoms. The predicted molar refractivity (Wildman–Crippen MR) is 239 cm³/mol. The number of nitrogens with one attached hydrogen (secondary N) is 3. The summed E-state index contributed by atoms with van der Waals surface area (Å²) in [5, 5.41) is 9.84. The van der Waals surface area contributed by atoms with Crippen LogP contribution in [0.5, 0.6) is 0 Å². The maximum absolute atomic E-state index is 11.7. The lowest BCUT2D eigenvalue weighted by molar-refractivity contribution is 0.0463. The van der Waals surface area contributed by atoms with E-state index in [-0.39, 0.29) is 13.5 Å². The molecule has 1 atom stereocenters. The van der Waals surface area contributed by atoms with Crippen LogP contribution in [-0.4, -0.2) is 70.3 Å². The Balaban J connectivity index is -0.000000742. The number of alkyl carbamates (subject to hydrolysis) is 1. The molecule has 1 rings (SSSR count). The highest BCUT2D eigenvalue weighted by Gasteiger charge is 2.22. The Bertz CT molecular complexity index is 730. The Morgan fingerprint density at radius 3 is 1.67 bits per heavy atom. The minimum Gasteiger partial charge on any atom is -0.449 e. The lowest BCUT2D eigenvalue weighted by Gasteiger charge is -2.31. The fourth-order valence-corrected chi connectivity index (χ4v) is 6.81. The van der Waals surface area contributed by atoms with E-state index in [1.54, 1.807) is 0 Å². The zero-order valence-electron chi connectivity index (χ0n) is 38.3. The maximum atomic E-state index is 11.7. The summed E-state index contributed by atoms with van der Waals surface area (Å²) in [6.45, 7) is 36.6. The molecule has 1 saturated carbocycles. The Kier molecular flexibility index (Phi) is 41.4.